The van der Waals surface area contributed by atoms with Crippen LogP contribution in [0.1, 0.15) is 87.1 Å². The molecule has 1 aliphatic rings. The zero-order valence-electron chi connectivity index (χ0n) is 12.2. The van der Waals surface area contributed by atoms with E-state index in [0.717, 1.165) is 12.3 Å². The Morgan fingerprint density at radius 2 is 1.74 bits per heavy atom. The molecule has 0 saturated heterocycles. The average Bonchev–Trinajstić information content (AvgIpc) is 2.48. The summed E-state index contributed by atoms with van der Waals surface area (Å²) in [6, 6.07) is 9.15. The normalized spacial score (nSPS) is 18.4. The van der Waals surface area contributed by atoms with Crippen molar-refractivity contribution in [1.82, 2.24) is 0 Å². The third-order valence-corrected chi connectivity index (χ3v) is 4.91. The lowest BCUT2D eigenvalue weighted by Gasteiger charge is -2.22. The van der Waals surface area contributed by atoms with Crippen LogP contribution in [0.5, 0.6) is 0 Å². The fourth-order valence-electron chi connectivity index (χ4n) is 3.15. The number of hydrogen-bond acceptors (Lipinski definition) is 0. The van der Waals surface area contributed by atoms with Gasteiger partial charge >= 0.3 is 0 Å². The molecule has 2 rings (SSSR count). The van der Waals surface area contributed by atoms with E-state index in [4.69, 9.17) is 11.6 Å². The number of benzene rings is 1. The van der Waals surface area contributed by atoms with Gasteiger partial charge in [-0.15, -0.1) is 11.6 Å². The molecule has 1 unspecified atom stereocenters. The molecule has 106 valence electrons. The number of alkyl halides is 1. The zero-order valence-corrected chi connectivity index (χ0v) is 13.0. The van der Waals surface area contributed by atoms with Crippen LogP contribution >= 0.6 is 11.6 Å². The van der Waals surface area contributed by atoms with Crippen molar-refractivity contribution >= 4 is 11.6 Å². The molecule has 0 bridgehead atoms. The van der Waals surface area contributed by atoms with Crippen LogP contribution in [-0.2, 0) is 0 Å². The molecule has 1 saturated carbocycles. The van der Waals surface area contributed by atoms with Crippen molar-refractivity contribution in [2.45, 2.75) is 76.0 Å². The molecule has 0 spiro atoms. The Kier molecular flexibility index (Phi) is 6.23. The summed E-state index contributed by atoms with van der Waals surface area (Å²) >= 11 is 6.48. The lowest BCUT2D eigenvalue weighted by molar-refractivity contribution is 0.443. The summed E-state index contributed by atoms with van der Waals surface area (Å²) in [6.07, 6.45) is 11.9. The molecule has 0 N–H and O–H groups in total. The minimum Gasteiger partial charge on any atom is -0.118 e. The van der Waals surface area contributed by atoms with E-state index in [0.29, 0.717) is 0 Å². The van der Waals surface area contributed by atoms with Crippen molar-refractivity contribution in [2.24, 2.45) is 0 Å². The number of halogens is 1. The summed E-state index contributed by atoms with van der Waals surface area (Å²) in [5, 5.41) is 0.201. The Morgan fingerprint density at radius 3 is 2.37 bits per heavy atom. The maximum Gasteiger partial charge on any atom is 0.0585 e. The van der Waals surface area contributed by atoms with Gasteiger partial charge in [0.05, 0.1) is 5.38 Å². The molecule has 0 heterocycles. The van der Waals surface area contributed by atoms with Crippen LogP contribution in [-0.4, -0.2) is 0 Å². The highest BCUT2D eigenvalue weighted by Gasteiger charge is 2.15. The van der Waals surface area contributed by atoms with Gasteiger partial charge in [0.15, 0.2) is 0 Å². The second-order valence-electron chi connectivity index (χ2n) is 5.96. The fraction of sp³-hybridized carbons (Fsp3) is 0.667. The Labute approximate surface area is 123 Å². The van der Waals surface area contributed by atoms with Gasteiger partial charge in [0, 0.05) is 0 Å². The SMILES string of the molecule is CCCCCC(Cl)c1ccc(C2CCCCC2)cc1. The highest BCUT2D eigenvalue weighted by molar-refractivity contribution is 6.20. The van der Waals surface area contributed by atoms with Crippen LogP contribution in [0.25, 0.3) is 0 Å². The smallest absolute Gasteiger partial charge is 0.0585 e. The van der Waals surface area contributed by atoms with Gasteiger partial charge in [-0.1, -0.05) is 69.7 Å². The van der Waals surface area contributed by atoms with Crippen LogP contribution in [0.15, 0.2) is 24.3 Å². The van der Waals surface area contributed by atoms with Crippen LogP contribution in [0.3, 0.4) is 0 Å². The minimum absolute atomic E-state index is 0.201. The topological polar surface area (TPSA) is 0 Å². The van der Waals surface area contributed by atoms with Gasteiger partial charge in [-0.3, -0.25) is 0 Å². The summed E-state index contributed by atoms with van der Waals surface area (Å²) in [5.74, 6) is 0.802. The first-order valence-corrected chi connectivity index (χ1v) is 8.49. The van der Waals surface area contributed by atoms with Gasteiger partial charge in [-0.05, 0) is 36.3 Å². The number of unbranched alkanes of at least 4 members (excludes halogenated alkanes) is 2. The van der Waals surface area contributed by atoms with E-state index in [1.807, 2.05) is 0 Å². The Bertz CT molecular complexity index is 348. The summed E-state index contributed by atoms with van der Waals surface area (Å²) in [5.41, 5.74) is 2.83. The maximum atomic E-state index is 6.48. The van der Waals surface area contributed by atoms with Gasteiger partial charge < -0.3 is 0 Å². The van der Waals surface area contributed by atoms with E-state index in [-0.39, 0.29) is 5.38 Å². The van der Waals surface area contributed by atoms with Gasteiger partial charge in [0.25, 0.3) is 0 Å². The predicted octanol–water partition coefficient (Wildman–Crippen LogP) is 6.59. The second kappa shape index (κ2) is 7.94. The molecule has 1 heteroatoms. The van der Waals surface area contributed by atoms with Crippen molar-refractivity contribution in [3.63, 3.8) is 0 Å². The van der Waals surface area contributed by atoms with Gasteiger partial charge in [-0.2, -0.15) is 0 Å². The Balaban J connectivity index is 1.89. The van der Waals surface area contributed by atoms with Crippen molar-refractivity contribution in [1.29, 1.82) is 0 Å². The molecule has 0 aromatic heterocycles. The largest absolute Gasteiger partial charge is 0.118 e. The van der Waals surface area contributed by atoms with Crippen molar-refractivity contribution in [3.8, 4) is 0 Å². The summed E-state index contributed by atoms with van der Waals surface area (Å²) < 4.78 is 0. The lowest BCUT2D eigenvalue weighted by Crippen LogP contribution is -2.04. The molecule has 1 fully saturated rings. The molecular formula is C18H27Cl. The Hall–Kier alpha value is -0.490. The third-order valence-electron chi connectivity index (χ3n) is 4.44. The molecule has 1 aliphatic carbocycles. The molecule has 1 aromatic carbocycles. The summed E-state index contributed by atoms with van der Waals surface area (Å²) in [7, 11) is 0. The van der Waals surface area contributed by atoms with E-state index in [1.54, 1.807) is 0 Å². The van der Waals surface area contributed by atoms with E-state index < -0.39 is 0 Å². The second-order valence-corrected chi connectivity index (χ2v) is 6.49. The maximum absolute atomic E-state index is 6.48. The first-order valence-electron chi connectivity index (χ1n) is 8.05. The number of rotatable bonds is 6. The lowest BCUT2D eigenvalue weighted by atomic mass is 9.84. The van der Waals surface area contributed by atoms with Crippen molar-refractivity contribution < 1.29 is 0 Å². The van der Waals surface area contributed by atoms with Crippen LogP contribution < -0.4 is 0 Å². The standard InChI is InChI=1S/C18H27Cl/c1-2-3-5-10-18(19)17-13-11-16(12-14-17)15-8-6-4-7-9-15/h11-15,18H,2-10H2,1H3. The molecule has 0 nitrogen and oxygen atoms in total. The highest BCUT2D eigenvalue weighted by Crippen LogP contribution is 2.34. The Morgan fingerprint density at radius 1 is 1.05 bits per heavy atom. The van der Waals surface area contributed by atoms with Gasteiger partial charge in [0.1, 0.15) is 0 Å². The average molecular weight is 279 g/mol. The van der Waals surface area contributed by atoms with Gasteiger partial charge in [-0.25, -0.2) is 0 Å². The van der Waals surface area contributed by atoms with Crippen molar-refractivity contribution in [3.05, 3.63) is 35.4 Å². The molecule has 0 aliphatic heterocycles. The van der Waals surface area contributed by atoms with E-state index in [9.17, 15) is 0 Å². The molecule has 0 amide bonds. The van der Waals surface area contributed by atoms with Crippen LogP contribution in [0.2, 0.25) is 0 Å². The van der Waals surface area contributed by atoms with E-state index in [1.165, 1.54) is 62.5 Å². The summed E-state index contributed by atoms with van der Waals surface area (Å²) in [6.45, 7) is 2.24. The van der Waals surface area contributed by atoms with Crippen LogP contribution in [0, 0.1) is 0 Å². The summed E-state index contributed by atoms with van der Waals surface area (Å²) in [4.78, 5) is 0. The molecule has 0 radical (unpaired) electrons. The highest BCUT2D eigenvalue weighted by atomic mass is 35.5. The monoisotopic (exact) mass is 278 g/mol. The van der Waals surface area contributed by atoms with E-state index in [2.05, 4.69) is 31.2 Å². The molecule has 1 atom stereocenters. The molecule has 19 heavy (non-hydrogen) atoms. The molecular weight excluding hydrogens is 252 g/mol. The number of hydrogen-bond donors (Lipinski definition) is 0. The van der Waals surface area contributed by atoms with Gasteiger partial charge in [0.2, 0.25) is 0 Å². The first-order chi connectivity index (χ1) is 9.31. The first kappa shape index (κ1) is 14.9. The minimum atomic E-state index is 0.201. The molecule has 1 aromatic rings. The quantitative estimate of drug-likeness (QED) is 0.406. The van der Waals surface area contributed by atoms with E-state index >= 15 is 0 Å². The third kappa shape index (κ3) is 4.53. The predicted molar refractivity (Wildman–Crippen MR) is 85.0 cm³/mol. The van der Waals surface area contributed by atoms with Crippen molar-refractivity contribution in [2.75, 3.05) is 0 Å². The zero-order chi connectivity index (χ0) is 13.5. The fourth-order valence-corrected chi connectivity index (χ4v) is 3.45. The van der Waals surface area contributed by atoms with Crippen LogP contribution in [0.4, 0.5) is 0 Å².